The summed E-state index contributed by atoms with van der Waals surface area (Å²) >= 11 is 0. The van der Waals surface area contributed by atoms with Gasteiger partial charge in [-0.25, -0.2) is 0 Å². The van der Waals surface area contributed by atoms with Gasteiger partial charge in [-0.2, -0.15) is 0 Å². The van der Waals surface area contributed by atoms with Gasteiger partial charge in [0.15, 0.2) is 11.6 Å². The predicted octanol–water partition coefficient (Wildman–Crippen LogP) is 0.862. The Kier molecular flexibility index (Phi) is 3.10. The van der Waals surface area contributed by atoms with Gasteiger partial charge in [-0.05, 0) is 12.2 Å². The van der Waals surface area contributed by atoms with Crippen LogP contribution in [0.5, 0.6) is 0 Å². The second kappa shape index (κ2) is 4.53. The third-order valence-corrected chi connectivity index (χ3v) is 4.16. The van der Waals surface area contributed by atoms with Crippen molar-refractivity contribution in [2.45, 2.75) is 10.5 Å². The van der Waals surface area contributed by atoms with Crippen LogP contribution in [0, 0.1) is 0 Å². The molecule has 0 fully saturated rings. The zero-order valence-corrected chi connectivity index (χ0v) is 9.22. The molecule has 0 N–H and O–H groups in total. The first kappa shape index (κ1) is 11.0. The number of carbonyl (C=O) groups is 2. The first-order valence-electron chi connectivity index (χ1n) is 4.87. The van der Waals surface area contributed by atoms with E-state index in [2.05, 4.69) is 0 Å². The molecule has 0 aromatic heterocycles. The molecule has 0 radical (unpaired) electrons. The van der Waals surface area contributed by atoms with Gasteiger partial charge in [0, 0.05) is 0 Å². The molecule has 16 heavy (non-hydrogen) atoms. The average Bonchev–Trinajstić information content (AvgIpc) is 2.29. The molecular formula is C12H10O3S. The van der Waals surface area contributed by atoms with Gasteiger partial charge in [0.2, 0.25) is 0 Å². The lowest BCUT2D eigenvalue weighted by Crippen LogP contribution is -2.34. The lowest BCUT2D eigenvalue weighted by Gasteiger charge is -2.17. The van der Waals surface area contributed by atoms with Crippen molar-refractivity contribution >= 4 is 22.4 Å². The Labute approximate surface area is 95.7 Å². The van der Waals surface area contributed by atoms with Crippen LogP contribution in [-0.4, -0.2) is 26.3 Å². The Hall–Kier alpha value is -1.55. The van der Waals surface area contributed by atoms with E-state index in [0.29, 0.717) is 0 Å². The van der Waals surface area contributed by atoms with Gasteiger partial charge in [0.25, 0.3) is 0 Å². The molecule has 3 nitrogen and oxygen atoms in total. The van der Waals surface area contributed by atoms with Gasteiger partial charge < -0.3 is 0 Å². The zero-order chi connectivity index (χ0) is 11.5. The molecule has 0 saturated carbocycles. The highest BCUT2D eigenvalue weighted by atomic mass is 32.2. The highest BCUT2D eigenvalue weighted by Gasteiger charge is 2.31. The highest BCUT2D eigenvalue weighted by Crippen LogP contribution is 2.15. The first-order valence-corrected chi connectivity index (χ1v) is 6.14. The maximum Gasteiger partial charge on any atom is 0.175 e. The number of carbonyl (C=O) groups excluding carboxylic acids is 2. The van der Waals surface area contributed by atoms with E-state index in [9.17, 15) is 13.8 Å². The van der Waals surface area contributed by atoms with E-state index in [4.69, 9.17) is 0 Å². The minimum Gasteiger partial charge on any atom is -0.293 e. The molecule has 0 aliphatic heterocycles. The zero-order valence-electron chi connectivity index (χ0n) is 8.41. The fourth-order valence-electron chi connectivity index (χ4n) is 1.55. The van der Waals surface area contributed by atoms with Crippen molar-refractivity contribution in [3.8, 4) is 0 Å². The molecule has 0 bridgehead atoms. The molecule has 2 atom stereocenters. The summed E-state index contributed by atoms with van der Waals surface area (Å²) in [5.41, 5.74) is 0. The standard InChI is InChI=1S/C12H10O3S/c13-9-5-1-3-7-11(9)16(15)12-8-4-2-6-10(12)14/h1-8,11-12H. The van der Waals surface area contributed by atoms with Crippen LogP contribution in [-0.2, 0) is 20.4 Å². The van der Waals surface area contributed by atoms with Crippen molar-refractivity contribution in [1.29, 1.82) is 0 Å². The van der Waals surface area contributed by atoms with E-state index < -0.39 is 21.3 Å². The summed E-state index contributed by atoms with van der Waals surface area (Å²) in [6, 6.07) is 0. The van der Waals surface area contributed by atoms with E-state index in [1.54, 1.807) is 36.5 Å². The Bertz CT molecular complexity index is 427. The summed E-state index contributed by atoms with van der Waals surface area (Å²) in [7, 11) is -1.53. The monoisotopic (exact) mass is 234 g/mol. The van der Waals surface area contributed by atoms with Crippen molar-refractivity contribution in [3.63, 3.8) is 0 Å². The van der Waals surface area contributed by atoms with Crippen LogP contribution in [0.1, 0.15) is 0 Å². The largest absolute Gasteiger partial charge is 0.293 e. The maximum atomic E-state index is 12.1. The number of ketones is 2. The summed E-state index contributed by atoms with van der Waals surface area (Å²) < 4.78 is 12.1. The van der Waals surface area contributed by atoms with Gasteiger partial charge in [-0.3, -0.25) is 13.8 Å². The van der Waals surface area contributed by atoms with E-state index in [0.717, 1.165) is 0 Å². The van der Waals surface area contributed by atoms with Crippen LogP contribution in [0.4, 0.5) is 0 Å². The number of allylic oxidation sites excluding steroid dienone is 6. The van der Waals surface area contributed by atoms with E-state index in [1.165, 1.54) is 12.2 Å². The SMILES string of the molecule is O=C1C=CC=CC1S(=O)C1C=CC=CC1=O. The van der Waals surface area contributed by atoms with Gasteiger partial charge >= 0.3 is 0 Å². The molecule has 0 amide bonds. The third kappa shape index (κ3) is 2.02. The van der Waals surface area contributed by atoms with Crippen molar-refractivity contribution in [3.05, 3.63) is 48.6 Å². The van der Waals surface area contributed by atoms with E-state index in [-0.39, 0.29) is 11.6 Å². The minimum atomic E-state index is -1.53. The Morgan fingerprint density at radius 2 is 1.25 bits per heavy atom. The Morgan fingerprint density at radius 3 is 1.62 bits per heavy atom. The average molecular weight is 234 g/mol. The second-order valence-corrected chi connectivity index (χ2v) is 5.14. The number of hydrogen-bond acceptors (Lipinski definition) is 3. The maximum absolute atomic E-state index is 12.1. The summed E-state index contributed by atoms with van der Waals surface area (Å²) in [6.45, 7) is 0. The summed E-state index contributed by atoms with van der Waals surface area (Å²) in [5.74, 6) is -0.423. The molecule has 2 aliphatic carbocycles. The molecule has 2 aliphatic rings. The van der Waals surface area contributed by atoms with Crippen molar-refractivity contribution in [1.82, 2.24) is 0 Å². The first-order chi connectivity index (χ1) is 7.70. The molecule has 4 heteroatoms. The normalized spacial score (nSPS) is 29.8. The molecule has 82 valence electrons. The quantitative estimate of drug-likeness (QED) is 0.712. The van der Waals surface area contributed by atoms with Crippen LogP contribution in [0.3, 0.4) is 0 Å². The van der Waals surface area contributed by atoms with Crippen molar-refractivity contribution in [2.24, 2.45) is 0 Å². The fraction of sp³-hybridized carbons (Fsp3) is 0.167. The predicted molar refractivity (Wildman–Crippen MR) is 62.3 cm³/mol. The highest BCUT2D eigenvalue weighted by molar-refractivity contribution is 7.88. The van der Waals surface area contributed by atoms with Crippen molar-refractivity contribution < 1.29 is 13.8 Å². The lowest BCUT2D eigenvalue weighted by molar-refractivity contribution is -0.113. The molecule has 0 spiro atoms. The second-order valence-electron chi connectivity index (χ2n) is 3.46. The smallest absolute Gasteiger partial charge is 0.175 e. The van der Waals surface area contributed by atoms with Gasteiger partial charge in [0.05, 0.1) is 10.8 Å². The van der Waals surface area contributed by atoms with Crippen LogP contribution >= 0.6 is 0 Å². The molecule has 2 rings (SSSR count). The molecule has 0 saturated heterocycles. The van der Waals surface area contributed by atoms with Crippen LogP contribution < -0.4 is 0 Å². The van der Waals surface area contributed by atoms with E-state index in [1.807, 2.05) is 0 Å². The summed E-state index contributed by atoms with van der Waals surface area (Å²) in [4.78, 5) is 23.0. The van der Waals surface area contributed by atoms with Crippen LogP contribution in [0.2, 0.25) is 0 Å². The number of hydrogen-bond donors (Lipinski definition) is 0. The van der Waals surface area contributed by atoms with Gasteiger partial charge in [-0.1, -0.05) is 36.5 Å². The Morgan fingerprint density at radius 1 is 0.812 bits per heavy atom. The summed E-state index contributed by atoms with van der Waals surface area (Å²) in [5, 5.41) is -1.40. The van der Waals surface area contributed by atoms with Crippen molar-refractivity contribution in [2.75, 3.05) is 0 Å². The molecule has 0 heterocycles. The molecule has 2 unspecified atom stereocenters. The van der Waals surface area contributed by atoms with Gasteiger partial charge in [0.1, 0.15) is 10.5 Å². The lowest BCUT2D eigenvalue weighted by atomic mass is 10.1. The molecule has 0 aromatic rings. The van der Waals surface area contributed by atoms with Gasteiger partial charge in [-0.15, -0.1) is 0 Å². The van der Waals surface area contributed by atoms with Crippen LogP contribution in [0.15, 0.2) is 48.6 Å². The topological polar surface area (TPSA) is 51.2 Å². The van der Waals surface area contributed by atoms with Crippen LogP contribution in [0.25, 0.3) is 0 Å². The minimum absolute atomic E-state index is 0.211. The molecular weight excluding hydrogens is 224 g/mol. The molecule has 0 aromatic carbocycles. The number of rotatable bonds is 2. The summed E-state index contributed by atoms with van der Waals surface area (Å²) in [6.07, 6.45) is 12.5. The Balaban J connectivity index is 2.20. The third-order valence-electron chi connectivity index (χ3n) is 2.38. The fourth-order valence-corrected chi connectivity index (χ4v) is 2.97. The van der Waals surface area contributed by atoms with E-state index >= 15 is 0 Å².